The lowest BCUT2D eigenvalue weighted by Crippen LogP contribution is -2.42. The number of carbonyl (C=O) groups is 3. The molecule has 3 amide bonds. The van der Waals surface area contributed by atoms with Gasteiger partial charge in [0.25, 0.3) is 5.91 Å². The van der Waals surface area contributed by atoms with E-state index >= 15 is 0 Å². The van der Waals surface area contributed by atoms with Crippen molar-refractivity contribution >= 4 is 35.2 Å². The molecule has 0 radical (unpaired) electrons. The topological polar surface area (TPSA) is 110 Å². The minimum absolute atomic E-state index is 0.0101. The quantitative estimate of drug-likeness (QED) is 0.556. The van der Waals surface area contributed by atoms with Gasteiger partial charge in [-0.05, 0) is 45.0 Å². The van der Waals surface area contributed by atoms with E-state index in [1.165, 1.54) is 4.90 Å². The monoisotopic (exact) mass is 458 g/mol. The van der Waals surface area contributed by atoms with Gasteiger partial charge in [-0.3, -0.25) is 14.4 Å². The first-order chi connectivity index (χ1) is 15.4. The molecule has 10 heteroatoms. The zero-order valence-corrected chi connectivity index (χ0v) is 19.0. The normalized spacial score (nSPS) is 11.9. The van der Waals surface area contributed by atoms with E-state index in [9.17, 15) is 14.4 Å². The van der Waals surface area contributed by atoms with Crippen molar-refractivity contribution in [2.75, 3.05) is 31.0 Å². The Kier molecular flexibility index (Phi) is 7.93. The summed E-state index contributed by atoms with van der Waals surface area (Å²) in [6, 6.07) is 8.46. The Labute approximate surface area is 190 Å². The molecular formula is C22H26N4O5S. The zero-order valence-electron chi connectivity index (χ0n) is 18.2. The van der Waals surface area contributed by atoms with E-state index in [-0.39, 0.29) is 42.9 Å². The molecule has 0 unspecified atom stereocenters. The number of benzene rings is 1. The van der Waals surface area contributed by atoms with Gasteiger partial charge in [0, 0.05) is 30.5 Å². The van der Waals surface area contributed by atoms with Crippen LogP contribution < -0.4 is 20.1 Å². The Morgan fingerprint density at radius 2 is 1.94 bits per heavy atom. The molecule has 170 valence electrons. The van der Waals surface area contributed by atoms with Gasteiger partial charge in [-0.25, -0.2) is 4.98 Å². The average Bonchev–Trinajstić information content (AvgIpc) is 3.23. The first-order valence-corrected chi connectivity index (χ1v) is 11.2. The number of pyridine rings is 1. The number of fused-ring (bicyclic) bond motifs is 1. The summed E-state index contributed by atoms with van der Waals surface area (Å²) in [5, 5.41) is 6.01. The van der Waals surface area contributed by atoms with Crippen molar-refractivity contribution in [2.24, 2.45) is 0 Å². The van der Waals surface area contributed by atoms with Crippen LogP contribution in [-0.2, 0) is 9.59 Å². The number of nitrogens with one attached hydrogen (secondary N) is 2. The highest BCUT2D eigenvalue weighted by Crippen LogP contribution is 2.34. The molecule has 2 heterocycles. The number of carbonyl (C=O) groups excluding carboxylic acids is 3. The number of ether oxygens (including phenoxy) is 2. The molecule has 1 aliphatic rings. The fourth-order valence-corrected chi connectivity index (χ4v) is 3.80. The Morgan fingerprint density at radius 1 is 1.16 bits per heavy atom. The number of rotatable bonds is 9. The van der Waals surface area contributed by atoms with E-state index in [1.807, 2.05) is 20.8 Å². The number of hydrogen-bond donors (Lipinski definition) is 2. The summed E-state index contributed by atoms with van der Waals surface area (Å²) in [5.74, 6) is 0.494. The second-order valence-corrected chi connectivity index (χ2v) is 8.27. The number of hydrogen-bond acceptors (Lipinski definition) is 7. The summed E-state index contributed by atoms with van der Waals surface area (Å²) in [4.78, 5) is 43.3. The highest BCUT2D eigenvalue weighted by molar-refractivity contribution is 8.00. The molecular weight excluding hydrogens is 432 g/mol. The van der Waals surface area contributed by atoms with Crippen LogP contribution in [0.4, 0.5) is 5.69 Å². The van der Waals surface area contributed by atoms with Gasteiger partial charge in [-0.1, -0.05) is 11.8 Å². The lowest BCUT2D eigenvalue weighted by Gasteiger charge is -2.22. The maximum atomic E-state index is 13.0. The molecule has 1 aromatic carbocycles. The summed E-state index contributed by atoms with van der Waals surface area (Å²) in [6.07, 6.45) is 1.57. The average molecular weight is 459 g/mol. The number of likely N-dealkylation sites (N-methyl/N-ethyl adjacent to an activating group) is 1. The van der Waals surface area contributed by atoms with Crippen LogP contribution in [0, 0.1) is 0 Å². The molecule has 0 fully saturated rings. The molecule has 1 aromatic heterocycles. The predicted molar refractivity (Wildman–Crippen MR) is 121 cm³/mol. The van der Waals surface area contributed by atoms with E-state index in [1.54, 1.807) is 36.5 Å². The van der Waals surface area contributed by atoms with Crippen LogP contribution in [0.2, 0.25) is 0 Å². The first kappa shape index (κ1) is 23.4. The highest BCUT2D eigenvalue weighted by atomic mass is 32.2. The lowest BCUT2D eigenvalue weighted by molar-refractivity contribution is -0.122. The highest BCUT2D eigenvalue weighted by Gasteiger charge is 2.22. The molecule has 0 saturated carbocycles. The van der Waals surface area contributed by atoms with E-state index < -0.39 is 0 Å². The molecule has 2 aromatic rings. The van der Waals surface area contributed by atoms with Gasteiger partial charge in [0.1, 0.15) is 5.03 Å². The summed E-state index contributed by atoms with van der Waals surface area (Å²) >= 11 is 1.16. The first-order valence-electron chi connectivity index (χ1n) is 10.2. The van der Waals surface area contributed by atoms with Gasteiger partial charge >= 0.3 is 0 Å². The third-order valence-corrected chi connectivity index (χ3v) is 5.46. The fraction of sp³-hybridized carbons (Fsp3) is 0.364. The van der Waals surface area contributed by atoms with Crippen LogP contribution >= 0.6 is 11.8 Å². The molecule has 2 N–H and O–H groups in total. The molecule has 0 bridgehead atoms. The number of aromatic nitrogens is 1. The second kappa shape index (κ2) is 10.9. The molecule has 32 heavy (non-hydrogen) atoms. The van der Waals surface area contributed by atoms with Crippen molar-refractivity contribution in [3.63, 3.8) is 0 Å². The third-order valence-electron chi connectivity index (χ3n) is 4.45. The van der Waals surface area contributed by atoms with Gasteiger partial charge in [0.15, 0.2) is 11.5 Å². The fourth-order valence-electron chi connectivity index (χ4n) is 3.01. The van der Waals surface area contributed by atoms with Crippen molar-refractivity contribution in [3.8, 4) is 11.5 Å². The molecule has 3 rings (SSSR count). The SMILES string of the molecule is CCN(CC(=O)NC(C)C)C(=O)c1cccnc1SCC(=O)Nc1ccc2c(c1)OCO2. The van der Waals surface area contributed by atoms with Gasteiger partial charge in [-0.2, -0.15) is 0 Å². The van der Waals surface area contributed by atoms with Crippen molar-refractivity contribution < 1.29 is 23.9 Å². The Hall–Kier alpha value is -3.27. The standard InChI is InChI=1S/C22H26N4O5S/c1-4-26(11-19(27)24-14(2)3)22(29)16-6-5-9-23-21(16)32-12-20(28)25-15-7-8-17-18(10-15)31-13-30-17/h5-10,14H,4,11-13H2,1-3H3,(H,24,27)(H,25,28). The molecule has 0 atom stereocenters. The zero-order chi connectivity index (χ0) is 23.1. The van der Waals surface area contributed by atoms with E-state index in [0.29, 0.717) is 34.3 Å². The van der Waals surface area contributed by atoms with Crippen LogP contribution in [0.3, 0.4) is 0 Å². The molecule has 0 saturated heterocycles. The minimum atomic E-state index is -0.307. The second-order valence-electron chi connectivity index (χ2n) is 7.30. The molecule has 1 aliphatic heterocycles. The van der Waals surface area contributed by atoms with Gasteiger partial charge < -0.3 is 25.0 Å². The summed E-state index contributed by atoms with van der Waals surface area (Å²) in [5.41, 5.74) is 0.943. The van der Waals surface area contributed by atoms with Gasteiger partial charge in [0.2, 0.25) is 18.6 Å². The molecule has 0 spiro atoms. The summed E-state index contributed by atoms with van der Waals surface area (Å²) < 4.78 is 10.6. The largest absolute Gasteiger partial charge is 0.454 e. The Morgan fingerprint density at radius 3 is 2.69 bits per heavy atom. The maximum Gasteiger partial charge on any atom is 0.257 e. The molecule has 0 aliphatic carbocycles. The Bertz CT molecular complexity index is 998. The number of thioether (sulfide) groups is 1. The minimum Gasteiger partial charge on any atom is -0.454 e. The van der Waals surface area contributed by atoms with Crippen molar-refractivity contribution in [1.29, 1.82) is 0 Å². The number of anilines is 1. The predicted octanol–water partition coefficient (Wildman–Crippen LogP) is 2.53. The number of nitrogens with zero attached hydrogens (tertiary/aromatic N) is 2. The van der Waals surface area contributed by atoms with Gasteiger partial charge in [-0.15, -0.1) is 0 Å². The summed E-state index contributed by atoms with van der Waals surface area (Å²) in [7, 11) is 0. The van der Waals surface area contributed by atoms with Crippen LogP contribution in [-0.4, -0.2) is 59.3 Å². The summed E-state index contributed by atoms with van der Waals surface area (Å²) in [6.45, 7) is 6.02. The van der Waals surface area contributed by atoms with Crippen molar-refractivity contribution in [2.45, 2.75) is 31.8 Å². The Balaban J connectivity index is 1.62. The van der Waals surface area contributed by atoms with Crippen molar-refractivity contribution in [3.05, 3.63) is 42.1 Å². The van der Waals surface area contributed by atoms with Crippen LogP contribution in [0.15, 0.2) is 41.6 Å². The number of amides is 3. The third kappa shape index (κ3) is 6.13. The van der Waals surface area contributed by atoms with Crippen LogP contribution in [0.25, 0.3) is 0 Å². The van der Waals surface area contributed by atoms with E-state index in [2.05, 4.69) is 15.6 Å². The van der Waals surface area contributed by atoms with Crippen LogP contribution in [0.5, 0.6) is 11.5 Å². The lowest BCUT2D eigenvalue weighted by atomic mass is 10.2. The van der Waals surface area contributed by atoms with Gasteiger partial charge in [0.05, 0.1) is 17.9 Å². The van der Waals surface area contributed by atoms with E-state index in [0.717, 1.165) is 11.8 Å². The van der Waals surface area contributed by atoms with Crippen LogP contribution in [0.1, 0.15) is 31.1 Å². The van der Waals surface area contributed by atoms with E-state index in [4.69, 9.17) is 9.47 Å². The maximum absolute atomic E-state index is 13.0. The smallest absolute Gasteiger partial charge is 0.257 e. The van der Waals surface area contributed by atoms with Crippen molar-refractivity contribution in [1.82, 2.24) is 15.2 Å². The molecule has 9 nitrogen and oxygen atoms in total.